The van der Waals surface area contributed by atoms with E-state index in [-0.39, 0.29) is 6.04 Å². The summed E-state index contributed by atoms with van der Waals surface area (Å²) in [7, 11) is 0. The highest BCUT2D eigenvalue weighted by Gasteiger charge is 2.19. The Labute approximate surface area is 118 Å². The molecule has 0 saturated carbocycles. The Kier molecular flexibility index (Phi) is 4.22. The summed E-state index contributed by atoms with van der Waals surface area (Å²) in [5, 5.41) is 4.90. The second-order valence-corrected chi connectivity index (χ2v) is 5.17. The van der Waals surface area contributed by atoms with Gasteiger partial charge in [-0.1, -0.05) is 18.5 Å². The predicted molar refractivity (Wildman–Crippen MR) is 77.3 cm³/mol. The quantitative estimate of drug-likeness (QED) is 0.935. The van der Waals surface area contributed by atoms with E-state index in [9.17, 15) is 0 Å². The number of hydrogen-bond donors (Lipinski definition) is 1. The Balaban J connectivity index is 2.43. The number of pyridine rings is 1. The Morgan fingerprint density at radius 3 is 2.53 bits per heavy atom. The highest BCUT2D eigenvalue weighted by Crippen LogP contribution is 2.27. The van der Waals surface area contributed by atoms with Gasteiger partial charge in [0.05, 0.1) is 23.0 Å². The van der Waals surface area contributed by atoms with Crippen LogP contribution in [0.3, 0.4) is 0 Å². The summed E-state index contributed by atoms with van der Waals surface area (Å²) in [6.45, 7) is 6.85. The van der Waals surface area contributed by atoms with Crippen LogP contribution in [0, 0.1) is 13.8 Å². The van der Waals surface area contributed by atoms with Crippen LogP contribution in [-0.2, 0) is 6.54 Å². The number of nitrogens with two attached hydrogens (primary N) is 1. The molecule has 5 heteroatoms. The van der Waals surface area contributed by atoms with Crippen molar-refractivity contribution < 1.29 is 0 Å². The fraction of sp³-hybridized carbons (Fsp3) is 0.429. The highest BCUT2D eigenvalue weighted by atomic mass is 35.5. The molecule has 2 aromatic heterocycles. The average Bonchev–Trinajstić information content (AvgIpc) is 2.69. The molecule has 0 aliphatic heterocycles. The molecule has 4 nitrogen and oxygen atoms in total. The minimum Gasteiger partial charge on any atom is -0.319 e. The average molecular weight is 279 g/mol. The Bertz CT molecular complexity index is 557. The highest BCUT2D eigenvalue weighted by molar-refractivity contribution is 6.31. The lowest BCUT2D eigenvalue weighted by Gasteiger charge is -2.16. The van der Waals surface area contributed by atoms with E-state index in [0.717, 1.165) is 35.6 Å². The standard InChI is InChI=1S/C14H19ClN4/c1-4-5-19-14(12(15)8-17-19)13(16)11-6-9(2)18-10(3)7-11/h6-8,13H,4-5,16H2,1-3H3. The first kappa shape index (κ1) is 14.0. The predicted octanol–water partition coefficient (Wildman–Crippen LogP) is 3.01. The van der Waals surface area contributed by atoms with Crippen LogP contribution >= 0.6 is 11.6 Å². The molecule has 0 amide bonds. The monoisotopic (exact) mass is 278 g/mol. The molecule has 0 fully saturated rings. The third-order valence-electron chi connectivity index (χ3n) is 3.03. The van der Waals surface area contributed by atoms with Crippen LogP contribution < -0.4 is 5.73 Å². The van der Waals surface area contributed by atoms with E-state index in [1.54, 1.807) is 6.20 Å². The lowest BCUT2D eigenvalue weighted by molar-refractivity contribution is 0.559. The topological polar surface area (TPSA) is 56.7 Å². The van der Waals surface area contributed by atoms with Crippen molar-refractivity contribution in [1.29, 1.82) is 0 Å². The van der Waals surface area contributed by atoms with E-state index in [0.29, 0.717) is 5.02 Å². The lowest BCUT2D eigenvalue weighted by atomic mass is 10.0. The molecule has 0 bridgehead atoms. The molecule has 0 saturated heterocycles. The van der Waals surface area contributed by atoms with Gasteiger partial charge in [0.25, 0.3) is 0 Å². The van der Waals surface area contributed by atoms with Crippen LogP contribution in [0.4, 0.5) is 0 Å². The second-order valence-electron chi connectivity index (χ2n) is 4.76. The van der Waals surface area contributed by atoms with Gasteiger partial charge in [0.1, 0.15) is 0 Å². The molecule has 19 heavy (non-hydrogen) atoms. The molecule has 0 aliphatic carbocycles. The smallest absolute Gasteiger partial charge is 0.0837 e. The maximum Gasteiger partial charge on any atom is 0.0837 e. The molecule has 2 rings (SSSR count). The molecule has 0 aliphatic rings. The van der Waals surface area contributed by atoms with Crippen molar-refractivity contribution in [2.24, 2.45) is 5.73 Å². The van der Waals surface area contributed by atoms with Gasteiger partial charge in [0.15, 0.2) is 0 Å². The van der Waals surface area contributed by atoms with Gasteiger partial charge in [0, 0.05) is 17.9 Å². The van der Waals surface area contributed by atoms with Crippen LogP contribution in [-0.4, -0.2) is 14.8 Å². The molecule has 0 radical (unpaired) electrons. The van der Waals surface area contributed by atoms with E-state index in [1.165, 1.54) is 0 Å². The van der Waals surface area contributed by atoms with E-state index in [1.807, 2.05) is 30.7 Å². The molecule has 1 unspecified atom stereocenters. The summed E-state index contributed by atoms with van der Waals surface area (Å²) in [4.78, 5) is 4.37. The first-order valence-corrected chi connectivity index (χ1v) is 6.82. The normalized spacial score (nSPS) is 12.7. The number of nitrogens with zero attached hydrogens (tertiary/aromatic N) is 3. The molecule has 0 aromatic carbocycles. The van der Waals surface area contributed by atoms with E-state index < -0.39 is 0 Å². The lowest BCUT2D eigenvalue weighted by Crippen LogP contribution is -2.18. The number of rotatable bonds is 4. The van der Waals surface area contributed by atoms with Crippen molar-refractivity contribution in [3.05, 3.63) is 46.0 Å². The summed E-state index contributed by atoms with van der Waals surface area (Å²) in [5.41, 5.74) is 10.2. The van der Waals surface area contributed by atoms with Crippen molar-refractivity contribution in [3.8, 4) is 0 Å². The molecule has 2 heterocycles. The maximum atomic E-state index is 6.36. The Morgan fingerprint density at radius 2 is 1.95 bits per heavy atom. The minimum absolute atomic E-state index is 0.276. The van der Waals surface area contributed by atoms with Gasteiger partial charge in [-0.05, 0) is 38.0 Å². The van der Waals surface area contributed by atoms with Crippen molar-refractivity contribution in [3.63, 3.8) is 0 Å². The zero-order valence-corrected chi connectivity index (χ0v) is 12.3. The number of aryl methyl sites for hydroxylation is 3. The van der Waals surface area contributed by atoms with Gasteiger partial charge in [0.2, 0.25) is 0 Å². The molecule has 2 aromatic rings. The summed E-state index contributed by atoms with van der Waals surface area (Å²) in [5.74, 6) is 0. The zero-order chi connectivity index (χ0) is 14.0. The second kappa shape index (κ2) is 5.72. The van der Waals surface area contributed by atoms with Gasteiger partial charge in [-0.3, -0.25) is 9.67 Å². The van der Waals surface area contributed by atoms with Crippen LogP contribution in [0.1, 0.15) is 42.0 Å². The summed E-state index contributed by atoms with van der Waals surface area (Å²) < 4.78 is 1.89. The fourth-order valence-corrected chi connectivity index (χ4v) is 2.53. The minimum atomic E-state index is -0.276. The Morgan fingerprint density at radius 1 is 1.32 bits per heavy atom. The van der Waals surface area contributed by atoms with E-state index >= 15 is 0 Å². The summed E-state index contributed by atoms with van der Waals surface area (Å²) >= 11 is 6.23. The Hall–Kier alpha value is -1.39. The zero-order valence-electron chi connectivity index (χ0n) is 11.5. The van der Waals surface area contributed by atoms with Gasteiger partial charge in [-0.15, -0.1) is 0 Å². The van der Waals surface area contributed by atoms with Gasteiger partial charge in [-0.25, -0.2) is 0 Å². The number of aromatic nitrogens is 3. The maximum absolute atomic E-state index is 6.36. The van der Waals surface area contributed by atoms with Crippen molar-refractivity contribution in [2.75, 3.05) is 0 Å². The molecule has 2 N–H and O–H groups in total. The summed E-state index contributed by atoms with van der Waals surface area (Å²) in [6.07, 6.45) is 2.65. The van der Waals surface area contributed by atoms with E-state index in [4.69, 9.17) is 17.3 Å². The SMILES string of the molecule is CCCn1ncc(Cl)c1C(N)c1cc(C)nc(C)c1. The third kappa shape index (κ3) is 2.96. The van der Waals surface area contributed by atoms with Gasteiger partial charge < -0.3 is 5.73 Å². The number of hydrogen-bond acceptors (Lipinski definition) is 3. The first-order valence-electron chi connectivity index (χ1n) is 6.45. The van der Waals surface area contributed by atoms with Crippen LogP contribution in [0.25, 0.3) is 0 Å². The molecular weight excluding hydrogens is 260 g/mol. The van der Waals surface area contributed by atoms with Crippen LogP contribution in [0.15, 0.2) is 18.3 Å². The fourth-order valence-electron chi connectivity index (χ4n) is 2.28. The van der Waals surface area contributed by atoms with Crippen molar-refractivity contribution >= 4 is 11.6 Å². The number of halogens is 1. The van der Waals surface area contributed by atoms with Crippen LogP contribution in [0.5, 0.6) is 0 Å². The molecular formula is C14H19ClN4. The molecule has 0 spiro atoms. The van der Waals surface area contributed by atoms with Crippen molar-refractivity contribution in [1.82, 2.24) is 14.8 Å². The first-order chi connectivity index (χ1) is 9.02. The van der Waals surface area contributed by atoms with Crippen LogP contribution in [0.2, 0.25) is 5.02 Å². The van der Waals surface area contributed by atoms with E-state index in [2.05, 4.69) is 17.0 Å². The largest absolute Gasteiger partial charge is 0.319 e. The van der Waals surface area contributed by atoms with Gasteiger partial charge in [-0.2, -0.15) is 5.10 Å². The molecule has 102 valence electrons. The van der Waals surface area contributed by atoms with Gasteiger partial charge >= 0.3 is 0 Å². The summed E-state index contributed by atoms with van der Waals surface area (Å²) in [6, 6.07) is 3.72. The molecule has 1 atom stereocenters. The van der Waals surface area contributed by atoms with Crippen molar-refractivity contribution in [2.45, 2.75) is 39.8 Å². The third-order valence-corrected chi connectivity index (χ3v) is 3.32.